The summed E-state index contributed by atoms with van der Waals surface area (Å²) < 4.78 is 13.5. The van der Waals surface area contributed by atoms with E-state index in [0.29, 0.717) is 9.50 Å². The standard InChI is InChI=1S/C9H10BrClFN/c1-13-3-2-6-4-7(11)9(10)8(12)5-6/h4-5,13H,2-3H2,1H3. The van der Waals surface area contributed by atoms with Gasteiger partial charge in [-0.15, -0.1) is 0 Å². The predicted octanol–water partition coefficient (Wildman–Crippen LogP) is 3.00. The fraction of sp³-hybridized carbons (Fsp3) is 0.333. The molecule has 0 aliphatic heterocycles. The predicted molar refractivity (Wildman–Crippen MR) is 56.7 cm³/mol. The quantitative estimate of drug-likeness (QED) is 0.829. The van der Waals surface area contributed by atoms with Crippen LogP contribution >= 0.6 is 27.5 Å². The zero-order valence-electron chi connectivity index (χ0n) is 7.20. The lowest BCUT2D eigenvalue weighted by Crippen LogP contribution is -2.10. The molecule has 0 atom stereocenters. The first-order valence-electron chi connectivity index (χ1n) is 3.93. The van der Waals surface area contributed by atoms with Crippen LogP contribution in [-0.2, 0) is 6.42 Å². The molecule has 1 rings (SSSR count). The Labute approximate surface area is 90.4 Å². The zero-order chi connectivity index (χ0) is 9.84. The van der Waals surface area contributed by atoms with Crippen molar-refractivity contribution in [3.63, 3.8) is 0 Å². The molecule has 0 unspecified atom stereocenters. The first-order chi connectivity index (χ1) is 6.15. The van der Waals surface area contributed by atoms with Crippen molar-refractivity contribution in [3.8, 4) is 0 Å². The van der Waals surface area contributed by atoms with Crippen LogP contribution < -0.4 is 5.32 Å². The molecule has 0 aliphatic carbocycles. The van der Waals surface area contributed by atoms with Crippen LogP contribution in [0, 0.1) is 5.82 Å². The number of hydrogen-bond donors (Lipinski definition) is 1. The maximum Gasteiger partial charge on any atom is 0.139 e. The normalized spacial score (nSPS) is 10.5. The van der Waals surface area contributed by atoms with Gasteiger partial charge in [0.15, 0.2) is 0 Å². The van der Waals surface area contributed by atoms with Gasteiger partial charge in [0, 0.05) is 0 Å². The molecule has 72 valence electrons. The molecule has 0 radical (unpaired) electrons. The van der Waals surface area contributed by atoms with E-state index < -0.39 is 0 Å². The molecule has 0 fully saturated rings. The van der Waals surface area contributed by atoms with Crippen molar-refractivity contribution in [2.24, 2.45) is 0 Å². The second kappa shape index (κ2) is 4.94. The van der Waals surface area contributed by atoms with E-state index in [0.717, 1.165) is 18.5 Å². The molecule has 0 bridgehead atoms. The highest BCUT2D eigenvalue weighted by Gasteiger charge is 2.05. The van der Waals surface area contributed by atoms with Crippen molar-refractivity contribution in [1.82, 2.24) is 5.32 Å². The average molecular weight is 267 g/mol. The van der Waals surface area contributed by atoms with E-state index in [2.05, 4.69) is 21.2 Å². The maximum absolute atomic E-state index is 13.1. The van der Waals surface area contributed by atoms with Crippen molar-refractivity contribution in [2.75, 3.05) is 13.6 Å². The minimum absolute atomic E-state index is 0.307. The third-order valence-corrected chi connectivity index (χ3v) is 3.04. The van der Waals surface area contributed by atoms with Gasteiger partial charge in [0.05, 0.1) is 9.50 Å². The highest BCUT2D eigenvalue weighted by Crippen LogP contribution is 2.26. The highest BCUT2D eigenvalue weighted by molar-refractivity contribution is 9.10. The average Bonchev–Trinajstić information content (AvgIpc) is 2.10. The largest absolute Gasteiger partial charge is 0.319 e. The summed E-state index contributed by atoms with van der Waals surface area (Å²) in [6.07, 6.45) is 0.778. The zero-order valence-corrected chi connectivity index (χ0v) is 9.54. The summed E-state index contributed by atoms with van der Waals surface area (Å²) in [5.74, 6) is -0.307. The van der Waals surface area contributed by atoms with Crippen LogP contribution in [-0.4, -0.2) is 13.6 Å². The van der Waals surface area contributed by atoms with Gasteiger partial charge in [0.1, 0.15) is 5.82 Å². The van der Waals surface area contributed by atoms with Gasteiger partial charge in [0.25, 0.3) is 0 Å². The van der Waals surface area contributed by atoms with E-state index in [1.54, 1.807) is 6.07 Å². The molecule has 1 aromatic carbocycles. The van der Waals surface area contributed by atoms with Gasteiger partial charge in [-0.3, -0.25) is 0 Å². The number of benzene rings is 1. The minimum atomic E-state index is -0.307. The highest BCUT2D eigenvalue weighted by atomic mass is 79.9. The summed E-state index contributed by atoms with van der Waals surface area (Å²) in [5.41, 5.74) is 0.903. The van der Waals surface area contributed by atoms with E-state index in [1.807, 2.05) is 7.05 Å². The molecular formula is C9H10BrClFN. The first kappa shape index (κ1) is 11.0. The molecule has 1 aromatic rings. The van der Waals surface area contributed by atoms with Gasteiger partial charge < -0.3 is 5.32 Å². The Kier molecular flexibility index (Phi) is 4.16. The van der Waals surface area contributed by atoms with Gasteiger partial charge in [0.2, 0.25) is 0 Å². The number of likely N-dealkylation sites (N-methyl/N-ethyl adjacent to an activating group) is 1. The van der Waals surface area contributed by atoms with Crippen molar-refractivity contribution >= 4 is 27.5 Å². The smallest absolute Gasteiger partial charge is 0.139 e. The molecule has 1 nitrogen and oxygen atoms in total. The summed E-state index contributed by atoms with van der Waals surface area (Å²) in [6.45, 7) is 0.817. The van der Waals surface area contributed by atoms with E-state index in [9.17, 15) is 4.39 Å². The maximum atomic E-state index is 13.1. The summed E-state index contributed by atoms with van der Waals surface area (Å²) in [5, 5.41) is 3.41. The van der Waals surface area contributed by atoms with E-state index in [-0.39, 0.29) is 5.82 Å². The molecule has 0 amide bonds. The number of nitrogens with one attached hydrogen (secondary N) is 1. The summed E-state index contributed by atoms with van der Waals surface area (Å²) in [4.78, 5) is 0. The third kappa shape index (κ3) is 2.93. The van der Waals surface area contributed by atoms with Crippen molar-refractivity contribution in [3.05, 3.63) is 33.0 Å². The summed E-state index contributed by atoms with van der Waals surface area (Å²) >= 11 is 8.85. The molecule has 0 heterocycles. The molecule has 0 saturated carbocycles. The number of rotatable bonds is 3. The fourth-order valence-corrected chi connectivity index (χ4v) is 1.48. The van der Waals surface area contributed by atoms with Crippen LogP contribution in [0.25, 0.3) is 0 Å². The van der Waals surface area contributed by atoms with Crippen LogP contribution in [0.5, 0.6) is 0 Å². The van der Waals surface area contributed by atoms with Crippen LogP contribution in [0.2, 0.25) is 5.02 Å². The van der Waals surface area contributed by atoms with Crippen LogP contribution in [0.15, 0.2) is 16.6 Å². The van der Waals surface area contributed by atoms with Crippen molar-refractivity contribution in [2.45, 2.75) is 6.42 Å². The molecular weight excluding hydrogens is 256 g/mol. The van der Waals surface area contributed by atoms with Crippen LogP contribution in [0.4, 0.5) is 4.39 Å². The molecule has 1 N–H and O–H groups in total. The van der Waals surface area contributed by atoms with E-state index in [4.69, 9.17) is 11.6 Å². The van der Waals surface area contributed by atoms with Gasteiger partial charge in [-0.2, -0.15) is 0 Å². The Bertz CT molecular complexity index is 281. The van der Waals surface area contributed by atoms with Crippen molar-refractivity contribution < 1.29 is 4.39 Å². The monoisotopic (exact) mass is 265 g/mol. The van der Waals surface area contributed by atoms with Gasteiger partial charge in [-0.1, -0.05) is 11.6 Å². The Balaban J connectivity index is 2.86. The molecule has 0 aromatic heterocycles. The SMILES string of the molecule is CNCCc1cc(F)c(Br)c(Cl)c1. The third-order valence-electron chi connectivity index (χ3n) is 1.71. The molecule has 0 spiro atoms. The number of halogens is 3. The lowest BCUT2D eigenvalue weighted by Gasteiger charge is -2.04. The lowest BCUT2D eigenvalue weighted by molar-refractivity contribution is 0.618. The number of hydrogen-bond acceptors (Lipinski definition) is 1. The minimum Gasteiger partial charge on any atom is -0.319 e. The fourth-order valence-electron chi connectivity index (χ4n) is 1.02. The Morgan fingerprint density at radius 3 is 2.77 bits per heavy atom. The van der Waals surface area contributed by atoms with E-state index in [1.165, 1.54) is 6.07 Å². The lowest BCUT2D eigenvalue weighted by atomic mass is 10.1. The van der Waals surface area contributed by atoms with Crippen LogP contribution in [0.1, 0.15) is 5.56 Å². The molecule has 0 saturated heterocycles. The topological polar surface area (TPSA) is 12.0 Å². The first-order valence-corrected chi connectivity index (χ1v) is 5.10. The molecule has 13 heavy (non-hydrogen) atoms. The second-order valence-corrected chi connectivity index (χ2v) is 3.93. The van der Waals surface area contributed by atoms with Gasteiger partial charge in [-0.05, 0) is 53.6 Å². The van der Waals surface area contributed by atoms with Gasteiger partial charge in [-0.25, -0.2) is 4.39 Å². The van der Waals surface area contributed by atoms with Crippen LogP contribution in [0.3, 0.4) is 0 Å². The molecule has 0 aliphatic rings. The van der Waals surface area contributed by atoms with Crippen molar-refractivity contribution in [1.29, 1.82) is 0 Å². The molecule has 4 heteroatoms. The summed E-state index contributed by atoms with van der Waals surface area (Å²) in [6, 6.07) is 3.26. The summed E-state index contributed by atoms with van der Waals surface area (Å²) in [7, 11) is 1.86. The van der Waals surface area contributed by atoms with Gasteiger partial charge >= 0.3 is 0 Å². The second-order valence-electron chi connectivity index (χ2n) is 2.73. The Hall–Kier alpha value is -0.120. The Morgan fingerprint density at radius 2 is 2.23 bits per heavy atom. The van der Waals surface area contributed by atoms with E-state index >= 15 is 0 Å². The Morgan fingerprint density at radius 1 is 1.54 bits per heavy atom.